The van der Waals surface area contributed by atoms with Crippen molar-refractivity contribution in [2.24, 2.45) is 0 Å². The minimum atomic E-state index is 0.234. The molecule has 2 nitrogen and oxygen atoms in total. The molecule has 0 saturated heterocycles. The summed E-state index contributed by atoms with van der Waals surface area (Å²) in [6.07, 6.45) is 7.24. The number of allylic oxidation sites excluding steroid dienone is 2. The van der Waals surface area contributed by atoms with Crippen LogP contribution in [0.1, 0.15) is 25.0 Å². The number of nitrogens with zero attached hydrogens (tertiary/aromatic N) is 1. The first-order valence-electron chi connectivity index (χ1n) is 4.21. The number of rotatable bonds is 1. The number of aromatic nitrogens is 1. The van der Waals surface area contributed by atoms with Crippen LogP contribution in [0.4, 0.5) is 0 Å². The third-order valence-corrected chi connectivity index (χ3v) is 2.12. The molecule has 1 heterocycles. The molecule has 0 fully saturated rings. The van der Waals surface area contributed by atoms with Crippen LogP contribution in [-0.2, 0) is 0 Å². The lowest BCUT2D eigenvalue weighted by molar-refractivity contribution is 0.472. The van der Waals surface area contributed by atoms with Crippen molar-refractivity contribution < 1.29 is 5.11 Å². The van der Waals surface area contributed by atoms with E-state index in [-0.39, 0.29) is 5.75 Å². The second-order valence-corrected chi connectivity index (χ2v) is 3.02. The van der Waals surface area contributed by atoms with Gasteiger partial charge in [-0.15, -0.1) is 0 Å². The average molecular weight is 161 g/mol. The summed E-state index contributed by atoms with van der Waals surface area (Å²) >= 11 is 0. The van der Waals surface area contributed by atoms with E-state index in [1.165, 1.54) is 18.2 Å². The van der Waals surface area contributed by atoms with E-state index in [4.69, 9.17) is 5.11 Å². The normalized spacial score (nSPS) is 16.2. The first-order chi connectivity index (χ1) is 5.86. The van der Waals surface area contributed by atoms with Crippen molar-refractivity contribution in [3.05, 3.63) is 30.1 Å². The molecule has 1 aromatic rings. The van der Waals surface area contributed by atoms with Gasteiger partial charge in [-0.3, -0.25) is 4.98 Å². The highest BCUT2D eigenvalue weighted by atomic mass is 16.3. The number of hydrogen-bond donors (Lipinski definition) is 1. The lowest BCUT2D eigenvalue weighted by Crippen LogP contribution is -1.84. The van der Waals surface area contributed by atoms with E-state index in [1.54, 1.807) is 6.07 Å². The second-order valence-electron chi connectivity index (χ2n) is 3.02. The Morgan fingerprint density at radius 2 is 2.25 bits per heavy atom. The SMILES string of the molecule is Oc1ccc(C2=CCCC2)nc1. The van der Waals surface area contributed by atoms with Crippen molar-refractivity contribution in [2.45, 2.75) is 19.3 Å². The van der Waals surface area contributed by atoms with Crippen molar-refractivity contribution in [2.75, 3.05) is 0 Å². The van der Waals surface area contributed by atoms with Crippen LogP contribution in [0.5, 0.6) is 5.75 Å². The first-order valence-corrected chi connectivity index (χ1v) is 4.21. The summed E-state index contributed by atoms with van der Waals surface area (Å²) in [6.45, 7) is 0. The van der Waals surface area contributed by atoms with Gasteiger partial charge in [-0.25, -0.2) is 0 Å². The Bertz CT molecular complexity index is 300. The van der Waals surface area contributed by atoms with Crippen LogP contribution in [0.25, 0.3) is 5.57 Å². The molecule has 0 saturated carbocycles. The molecule has 0 unspecified atom stereocenters. The van der Waals surface area contributed by atoms with Gasteiger partial charge in [-0.1, -0.05) is 6.08 Å². The molecule has 0 spiro atoms. The predicted molar refractivity (Wildman–Crippen MR) is 47.7 cm³/mol. The van der Waals surface area contributed by atoms with Crippen LogP contribution in [-0.4, -0.2) is 10.1 Å². The average Bonchev–Trinajstić information content (AvgIpc) is 2.58. The first kappa shape index (κ1) is 7.35. The standard InChI is InChI=1S/C10H11NO/c12-9-5-6-10(11-7-9)8-3-1-2-4-8/h3,5-7,12H,1-2,4H2. The Labute approximate surface area is 71.6 Å². The summed E-state index contributed by atoms with van der Waals surface area (Å²) in [6, 6.07) is 3.55. The third kappa shape index (κ3) is 1.33. The van der Waals surface area contributed by atoms with Crippen molar-refractivity contribution in [1.29, 1.82) is 0 Å². The van der Waals surface area contributed by atoms with Crippen molar-refractivity contribution >= 4 is 5.57 Å². The molecule has 0 radical (unpaired) electrons. The maximum atomic E-state index is 9.02. The van der Waals surface area contributed by atoms with Crippen LogP contribution in [0.15, 0.2) is 24.4 Å². The quantitative estimate of drug-likeness (QED) is 0.685. The highest BCUT2D eigenvalue weighted by molar-refractivity contribution is 5.64. The van der Waals surface area contributed by atoms with Crippen LogP contribution in [0.3, 0.4) is 0 Å². The van der Waals surface area contributed by atoms with Gasteiger partial charge >= 0.3 is 0 Å². The number of pyridine rings is 1. The summed E-state index contributed by atoms with van der Waals surface area (Å²) < 4.78 is 0. The van der Waals surface area contributed by atoms with Crippen LogP contribution >= 0.6 is 0 Å². The van der Waals surface area contributed by atoms with Crippen LogP contribution in [0, 0.1) is 0 Å². The fourth-order valence-electron chi connectivity index (χ4n) is 1.48. The highest BCUT2D eigenvalue weighted by Crippen LogP contribution is 2.26. The Morgan fingerprint density at radius 1 is 1.33 bits per heavy atom. The molecular formula is C10H11NO. The Balaban J connectivity index is 2.28. The summed E-state index contributed by atoms with van der Waals surface area (Å²) in [4.78, 5) is 4.14. The lowest BCUT2D eigenvalue weighted by Gasteiger charge is -1.99. The predicted octanol–water partition coefficient (Wildman–Crippen LogP) is 2.35. The van der Waals surface area contributed by atoms with Gasteiger partial charge in [0.25, 0.3) is 0 Å². The van der Waals surface area contributed by atoms with Gasteiger partial charge in [-0.05, 0) is 37.0 Å². The summed E-state index contributed by atoms with van der Waals surface area (Å²) in [5.74, 6) is 0.234. The zero-order valence-corrected chi connectivity index (χ0v) is 6.83. The number of aromatic hydroxyl groups is 1. The lowest BCUT2D eigenvalue weighted by atomic mass is 10.1. The minimum absolute atomic E-state index is 0.234. The van der Waals surface area contributed by atoms with Gasteiger partial charge in [0.1, 0.15) is 5.75 Å². The maximum Gasteiger partial charge on any atom is 0.133 e. The smallest absolute Gasteiger partial charge is 0.133 e. The molecule has 0 atom stereocenters. The van der Waals surface area contributed by atoms with Gasteiger partial charge in [-0.2, -0.15) is 0 Å². The monoisotopic (exact) mass is 161 g/mol. The van der Waals surface area contributed by atoms with Crippen molar-refractivity contribution in [1.82, 2.24) is 4.98 Å². The zero-order chi connectivity index (χ0) is 8.39. The van der Waals surface area contributed by atoms with E-state index < -0.39 is 0 Å². The van der Waals surface area contributed by atoms with Gasteiger partial charge in [0.2, 0.25) is 0 Å². The van der Waals surface area contributed by atoms with Crippen LogP contribution < -0.4 is 0 Å². The molecule has 0 aliphatic heterocycles. The molecule has 1 aromatic heterocycles. The maximum absolute atomic E-state index is 9.02. The summed E-state index contributed by atoms with van der Waals surface area (Å²) in [5.41, 5.74) is 2.32. The third-order valence-electron chi connectivity index (χ3n) is 2.12. The van der Waals surface area contributed by atoms with Crippen molar-refractivity contribution in [3.8, 4) is 5.75 Å². The molecule has 1 aliphatic rings. The highest BCUT2D eigenvalue weighted by Gasteiger charge is 2.07. The van der Waals surface area contributed by atoms with Crippen molar-refractivity contribution in [3.63, 3.8) is 0 Å². The molecule has 1 N–H and O–H groups in total. The van der Waals surface area contributed by atoms with Gasteiger partial charge < -0.3 is 5.11 Å². The van der Waals surface area contributed by atoms with E-state index >= 15 is 0 Å². The van der Waals surface area contributed by atoms with Gasteiger partial charge in [0, 0.05) is 0 Å². The van der Waals surface area contributed by atoms with Gasteiger partial charge in [0.05, 0.1) is 11.9 Å². The second kappa shape index (κ2) is 2.97. The summed E-state index contributed by atoms with van der Waals surface area (Å²) in [5, 5.41) is 9.02. The molecule has 62 valence electrons. The Kier molecular flexibility index (Phi) is 1.82. The molecule has 2 heteroatoms. The molecule has 0 aromatic carbocycles. The zero-order valence-electron chi connectivity index (χ0n) is 6.83. The van der Waals surface area contributed by atoms with Gasteiger partial charge in [0.15, 0.2) is 0 Å². The van der Waals surface area contributed by atoms with E-state index in [0.717, 1.165) is 18.5 Å². The molecule has 12 heavy (non-hydrogen) atoms. The minimum Gasteiger partial charge on any atom is -0.506 e. The molecule has 1 aliphatic carbocycles. The molecule has 0 bridgehead atoms. The van der Waals surface area contributed by atoms with E-state index in [0.29, 0.717) is 0 Å². The molecule has 2 rings (SSSR count). The number of hydrogen-bond acceptors (Lipinski definition) is 2. The Hall–Kier alpha value is -1.31. The summed E-state index contributed by atoms with van der Waals surface area (Å²) in [7, 11) is 0. The van der Waals surface area contributed by atoms with E-state index in [1.807, 2.05) is 6.07 Å². The Morgan fingerprint density at radius 3 is 2.83 bits per heavy atom. The van der Waals surface area contributed by atoms with E-state index in [2.05, 4.69) is 11.1 Å². The molecular weight excluding hydrogens is 150 g/mol. The topological polar surface area (TPSA) is 33.1 Å². The largest absolute Gasteiger partial charge is 0.506 e. The fraction of sp³-hybridized carbons (Fsp3) is 0.300. The van der Waals surface area contributed by atoms with Crippen LogP contribution in [0.2, 0.25) is 0 Å². The molecule has 0 amide bonds. The fourth-order valence-corrected chi connectivity index (χ4v) is 1.48. The van der Waals surface area contributed by atoms with E-state index in [9.17, 15) is 0 Å².